The van der Waals surface area contributed by atoms with Gasteiger partial charge < -0.3 is 10.3 Å². The number of hydrogen-bond donors (Lipinski definition) is 3. The van der Waals surface area contributed by atoms with Crippen LogP contribution >= 0.6 is 0 Å². The Balaban J connectivity index is 2.76. The predicted molar refractivity (Wildman–Crippen MR) is 59.0 cm³/mol. The third-order valence-electron chi connectivity index (χ3n) is 1.94. The highest BCUT2D eigenvalue weighted by Crippen LogP contribution is 2.10. The molecule has 3 N–H and O–H groups in total. The van der Waals surface area contributed by atoms with Gasteiger partial charge >= 0.3 is 0 Å². The van der Waals surface area contributed by atoms with Crippen LogP contribution in [0.4, 0.5) is 0 Å². The van der Waals surface area contributed by atoms with Crippen molar-refractivity contribution in [3.8, 4) is 0 Å². The summed E-state index contributed by atoms with van der Waals surface area (Å²) in [6.45, 7) is 3.02. The number of hydrogen-bond acceptors (Lipinski definition) is 3. The number of H-pyrrole nitrogens is 1. The van der Waals surface area contributed by atoms with Gasteiger partial charge in [0.2, 0.25) is 10.0 Å². The minimum absolute atomic E-state index is 0.293. The molecule has 1 aromatic rings. The van der Waals surface area contributed by atoms with Gasteiger partial charge in [0.25, 0.3) is 0 Å². The fourth-order valence-corrected chi connectivity index (χ4v) is 2.34. The minimum atomic E-state index is -3.33. The largest absolute Gasteiger partial charge is 0.363 e. The summed E-state index contributed by atoms with van der Waals surface area (Å²) in [7, 11) is -1.52. The molecule has 0 aliphatic rings. The van der Waals surface area contributed by atoms with E-state index in [2.05, 4.69) is 15.0 Å². The van der Waals surface area contributed by atoms with Gasteiger partial charge in [0.15, 0.2) is 0 Å². The van der Waals surface area contributed by atoms with Crippen LogP contribution in [0, 0.1) is 0 Å². The fraction of sp³-hybridized carbons (Fsp3) is 0.556. The number of rotatable bonds is 6. The quantitative estimate of drug-likeness (QED) is 0.664. The summed E-state index contributed by atoms with van der Waals surface area (Å²) >= 11 is 0. The Bertz CT molecular complexity index is 397. The van der Waals surface area contributed by atoms with Gasteiger partial charge in [-0.05, 0) is 19.5 Å². The summed E-state index contributed by atoms with van der Waals surface area (Å²) in [5, 5.41) is 2.95. The molecule has 0 saturated carbocycles. The van der Waals surface area contributed by atoms with E-state index < -0.39 is 10.0 Å². The van der Waals surface area contributed by atoms with E-state index in [1.807, 2.05) is 14.0 Å². The molecule has 0 saturated heterocycles. The van der Waals surface area contributed by atoms with Crippen molar-refractivity contribution in [1.82, 2.24) is 15.0 Å². The van der Waals surface area contributed by atoms with Crippen molar-refractivity contribution in [3.05, 3.63) is 18.0 Å². The highest BCUT2D eigenvalue weighted by molar-refractivity contribution is 7.89. The van der Waals surface area contributed by atoms with E-state index in [-0.39, 0.29) is 0 Å². The van der Waals surface area contributed by atoms with Gasteiger partial charge in [-0.3, -0.25) is 0 Å². The first kappa shape index (κ1) is 12.2. The summed E-state index contributed by atoms with van der Waals surface area (Å²) in [5.74, 6) is 0. The number of aromatic amines is 1. The van der Waals surface area contributed by atoms with E-state index in [1.165, 1.54) is 6.20 Å². The standard InChI is InChI=1S/C9H17N3O2S/c1-3-4-12-15(13,14)9-5-8(6-10-2)11-7-9/h5,7,10-12H,3-4,6H2,1-2H3. The topological polar surface area (TPSA) is 74.0 Å². The molecule has 0 fully saturated rings. The molecule has 6 heteroatoms. The van der Waals surface area contributed by atoms with Gasteiger partial charge in [0, 0.05) is 25.0 Å². The predicted octanol–water partition coefficient (Wildman–Crippen LogP) is 0.422. The molecule has 0 amide bonds. The second-order valence-corrected chi connectivity index (χ2v) is 5.06. The summed E-state index contributed by atoms with van der Waals surface area (Å²) in [6.07, 6.45) is 2.29. The highest BCUT2D eigenvalue weighted by atomic mass is 32.2. The molecule has 0 aromatic carbocycles. The Kier molecular flexibility index (Phi) is 4.31. The lowest BCUT2D eigenvalue weighted by Crippen LogP contribution is -2.23. The Morgan fingerprint density at radius 3 is 2.80 bits per heavy atom. The Morgan fingerprint density at radius 1 is 1.47 bits per heavy atom. The molecular weight excluding hydrogens is 214 g/mol. The summed E-state index contributed by atoms with van der Waals surface area (Å²) in [6, 6.07) is 1.63. The molecule has 1 heterocycles. The summed E-state index contributed by atoms with van der Waals surface area (Å²) in [4.78, 5) is 3.20. The maximum absolute atomic E-state index is 11.7. The molecule has 0 aliphatic carbocycles. The number of nitrogens with one attached hydrogen (secondary N) is 3. The fourth-order valence-electron chi connectivity index (χ4n) is 1.19. The molecule has 1 aromatic heterocycles. The third kappa shape index (κ3) is 3.33. The number of sulfonamides is 1. The van der Waals surface area contributed by atoms with Crippen molar-refractivity contribution in [2.45, 2.75) is 24.8 Å². The normalized spacial score (nSPS) is 11.9. The second-order valence-electron chi connectivity index (χ2n) is 3.29. The van der Waals surface area contributed by atoms with Crippen LogP contribution < -0.4 is 10.0 Å². The molecule has 5 nitrogen and oxygen atoms in total. The van der Waals surface area contributed by atoms with Crippen LogP contribution in [0.5, 0.6) is 0 Å². The van der Waals surface area contributed by atoms with Gasteiger partial charge in [-0.25, -0.2) is 13.1 Å². The highest BCUT2D eigenvalue weighted by Gasteiger charge is 2.14. The average Bonchev–Trinajstić information content (AvgIpc) is 2.65. The SMILES string of the molecule is CCCNS(=O)(=O)c1c[nH]c(CNC)c1. The van der Waals surface area contributed by atoms with E-state index >= 15 is 0 Å². The van der Waals surface area contributed by atoms with Gasteiger partial charge in [-0.15, -0.1) is 0 Å². The van der Waals surface area contributed by atoms with Crippen molar-refractivity contribution < 1.29 is 8.42 Å². The monoisotopic (exact) mass is 231 g/mol. The van der Waals surface area contributed by atoms with Crippen LogP contribution in [0.1, 0.15) is 19.0 Å². The third-order valence-corrected chi connectivity index (χ3v) is 3.38. The van der Waals surface area contributed by atoms with Crippen molar-refractivity contribution in [2.24, 2.45) is 0 Å². The molecular formula is C9H17N3O2S. The molecule has 15 heavy (non-hydrogen) atoms. The van der Waals surface area contributed by atoms with Gasteiger partial charge in [-0.1, -0.05) is 6.92 Å². The van der Waals surface area contributed by atoms with E-state index in [9.17, 15) is 8.42 Å². The zero-order valence-corrected chi connectivity index (χ0v) is 9.82. The van der Waals surface area contributed by atoms with Crippen LogP contribution in [0.15, 0.2) is 17.2 Å². The van der Waals surface area contributed by atoms with Crippen LogP contribution in [0.25, 0.3) is 0 Å². The maximum atomic E-state index is 11.7. The van der Waals surface area contributed by atoms with E-state index in [0.29, 0.717) is 18.0 Å². The van der Waals surface area contributed by atoms with Crippen molar-refractivity contribution in [2.75, 3.05) is 13.6 Å². The van der Waals surface area contributed by atoms with Crippen LogP contribution in [-0.2, 0) is 16.6 Å². The van der Waals surface area contributed by atoms with Crippen molar-refractivity contribution in [1.29, 1.82) is 0 Å². The first-order valence-corrected chi connectivity index (χ1v) is 6.40. The van der Waals surface area contributed by atoms with E-state index in [4.69, 9.17) is 0 Å². The summed E-state index contributed by atoms with van der Waals surface area (Å²) in [5.41, 5.74) is 0.856. The molecule has 0 atom stereocenters. The minimum Gasteiger partial charge on any atom is -0.363 e. The molecule has 0 radical (unpaired) electrons. The maximum Gasteiger partial charge on any atom is 0.242 e. The van der Waals surface area contributed by atoms with Gasteiger partial charge in [0.05, 0.1) is 4.90 Å². The second kappa shape index (κ2) is 5.29. The van der Waals surface area contributed by atoms with E-state index in [1.54, 1.807) is 6.07 Å². The lowest BCUT2D eigenvalue weighted by Gasteiger charge is -2.01. The van der Waals surface area contributed by atoms with Gasteiger partial charge in [-0.2, -0.15) is 0 Å². The molecule has 0 aliphatic heterocycles. The number of aromatic nitrogens is 1. The Hall–Kier alpha value is -0.850. The van der Waals surface area contributed by atoms with Crippen molar-refractivity contribution in [3.63, 3.8) is 0 Å². The van der Waals surface area contributed by atoms with E-state index in [0.717, 1.165) is 12.1 Å². The zero-order chi connectivity index (χ0) is 11.3. The first-order chi connectivity index (χ1) is 7.10. The molecule has 1 rings (SSSR count). The van der Waals surface area contributed by atoms with Crippen LogP contribution in [0.2, 0.25) is 0 Å². The van der Waals surface area contributed by atoms with Crippen LogP contribution in [0.3, 0.4) is 0 Å². The smallest absolute Gasteiger partial charge is 0.242 e. The lowest BCUT2D eigenvalue weighted by atomic mass is 10.4. The molecule has 0 spiro atoms. The molecule has 0 unspecified atom stereocenters. The van der Waals surface area contributed by atoms with Crippen LogP contribution in [-0.4, -0.2) is 27.0 Å². The first-order valence-electron chi connectivity index (χ1n) is 4.91. The Morgan fingerprint density at radius 2 is 2.20 bits per heavy atom. The lowest BCUT2D eigenvalue weighted by molar-refractivity contribution is 0.581. The molecule has 86 valence electrons. The summed E-state index contributed by atoms with van der Waals surface area (Å²) < 4.78 is 25.8. The van der Waals surface area contributed by atoms with Crippen molar-refractivity contribution >= 4 is 10.0 Å². The Labute approximate surface area is 90.3 Å². The zero-order valence-electron chi connectivity index (χ0n) is 9.00. The average molecular weight is 231 g/mol. The van der Waals surface area contributed by atoms with Gasteiger partial charge in [0.1, 0.15) is 0 Å². The molecule has 0 bridgehead atoms.